The molecular formula is C21H37N2O3P. The van der Waals surface area contributed by atoms with Gasteiger partial charge in [-0.05, 0) is 67.0 Å². The van der Waals surface area contributed by atoms with Crippen molar-refractivity contribution in [2.75, 3.05) is 14.1 Å². The van der Waals surface area contributed by atoms with Crippen molar-refractivity contribution in [1.82, 2.24) is 9.34 Å². The van der Waals surface area contributed by atoms with Gasteiger partial charge in [-0.3, -0.25) is 9.36 Å². The second-order valence-corrected chi connectivity index (χ2v) is 11.6. The highest BCUT2D eigenvalue weighted by Crippen LogP contribution is 2.62. The van der Waals surface area contributed by atoms with Crippen molar-refractivity contribution in [2.24, 2.45) is 5.92 Å². The summed E-state index contributed by atoms with van der Waals surface area (Å²) < 4.78 is 23.3. The fraction of sp³-hybridized carbons (Fsp3) is 0.762. The van der Waals surface area contributed by atoms with Gasteiger partial charge < -0.3 is 4.74 Å². The highest BCUT2D eigenvalue weighted by atomic mass is 31.2. The maximum absolute atomic E-state index is 13.6. The van der Waals surface area contributed by atoms with Crippen molar-refractivity contribution >= 4 is 13.4 Å². The van der Waals surface area contributed by atoms with Gasteiger partial charge in [-0.25, -0.2) is 9.34 Å². The predicted octanol–water partition coefficient (Wildman–Crippen LogP) is 5.20. The predicted molar refractivity (Wildman–Crippen MR) is 112 cm³/mol. The average molecular weight is 397 g/mol. The third-order valence-electron chi connectivity index (χ3n) is 5.61. The van der Waals surface area contributed by atoms with E-state index in [9.17, 15) is 9.36 Å². The van der Waals surface area contributed by atoms with Crippen molar-refractivity contribution in [2.45, 2.75) is 83.9 Å². The molecule has 2 fully saturated rings. The van der Waals surface area contributed by atoms with Gasteiger partial charge in [-0.2, -0.15) is 0 Å². The minimum absolute atomic E-state index is 0.0631. The van der Waals surface area contributed by atoms with Crippen LogP contribution in [-0.4, -0.2) is 47.1 Å². The van der Waals surface area contributed by atoms with Crippen molar-refractivity contribution in [3.05, 3.63) is 24.0 Å². The fourth-order valence-electron chi connectivity index (χ4n) is 4.29. The van der Waals surface area contributed by atoms with Crippen molar-refractivity contribution < 1.29 is 14.1 Å². The lowest BCUT2D eigenvalue weighted by Crippen LogP contribution is -2.37. The smallest absolute Gasteiger partial charge is 0.306 e. The van der Waals surface area contributed by atoms with Crippen molar-refractivity contribution in [3.63, 3.8) is 0 Å². The molecule has 0 aromatic carbocycles. The van der Waals surface area contributed by atoms with Crippen LogP contribution in [0.25, 0.3) is 0 Å². The Labute approximate surface area is 165 Å². The van der Waals surface area contributed by atoms with E-state index in [1.807, 2.05) is 65.8 Å². The van der Waals surface area contributed by atoms with Crippen LogP contribution < -0.4 is 0 Å². The highest BCUT2D eigenvalue weighted by Gasteiger charge is 2.50. The van der Waals surface area contributed by atoms with Gasteiger partial charge in [0, 0.05) is 17.9 Å². The minimum Gasteiger partial charge on any atom is -0.460 e. The Hall–Kier alpha value is -0.900. The Morgan fingerprint density at radius 2 is 1.74 bits per heavy atom. The SMILES string of the molecule is C/C=C/[C@@H](C/C=C/P1(=O)N(C)[C@@H]2CCCC[C@H]2N1C)CC(=O)OC(C)(C)C. The Morgan fingerprint density at radius 3 is 2.22 bits per heavy atom. The molecule has 5 nitrogen and oxygen atoms in total. The molecule has 27 heavy (non-hydrogen) atoms. The number of ether oxygens (including phenoxy) is 1. The molecule has 0 radical (unpaired) electrons. The zero-order chi connectivity index (χ0) is 20.2. The van der Waals surface area contributed by atoms with Gasteiger partial charge in [0.15, 0.2) is 0 Å². The maximum atomic E-state index is 13.6. The van der Waals surface area contributed by atoms with Crippen LogP contribution in [-0.2, 0) is 14.1 Å². The van der Waals surface area contributed by atoms with Crippen LogP contribution in [0.2, 0.25) is 0 Å². The molecule has 1 heterocycles. The Bertz CT molecular complexity index is 601. The molecule has 6 heteroatoms. The minimum atomic E-state index is -2.65. The van der Waals surface area contributed by atoms with Crippen LogP contribution in [0.4, 0.5) is 0 Å². The summed E-state index contributed by atoms with van der Waals surface area (Å²) in [4.78, 5) is 12.1. The zero-order valence-electron chi connectivity index (χ0n) is 17.9. The molecular weight excluding hydrogens is 359 g/mol. The van der Waals surface area contributed by atoms with Gasteiger partial charge in [0.05, 0.1) is 6.42 Å². The topological polar surface area (TPSA) is 49.9 Å². The van der Waals surface area contributed by atoms with E-state index in [0.717, 1.165) is 12.8 Å². The molecule has 1 saturated heterocycles. The summed E-state index contributed by atoms with van der Waals surface area (Å²) >= 11 is 0. The third kappa shape index (κ3) is 5.56. The first-order valence-electron chi connectivity index (χ1n) is 10.2. The molecule has 1 aliphatic heterocycles. The van der Waals surface area contributed by atoms with Gasteiger partial charge in [0.1, 0.15) is 5.60 Å². The molecule has 0 N–H and O–H groups in total. The number of likely N-dealkylation sites (N-methyl/N-ethyl adjacent to an activating group) is 2. The highest BCUT2D eigenvalue weighted by molar-refractivity contribution is 7.62. The van der Waals surface area contributed by atoms with Crippen molar-refractivity contribution in [1.29, 1.82) is 0 Å². The van der Waals surface area contributed by atoms with E-state index in [-0.39, 0.29) is 11.9 Å². The van der Waals surface area contributed by atoms with Gasteiger partial charge in [-0.1, -0.05) is 31.1 Å². The van der Waals surface area contributed by atoms with Crippen LogP contribution >= 0.6 is 7.44 Å². The Morgan fingerprint density at radius 1 is 1.19 bits per heavy atom. The third-order valence-corrected chi connectivity index (χ3v) is 8.61. The first-order valence-corrected chi connectivity index (χ1v) is 11.9. The first-order chi connectivity index (χ1) is 12.6. The number of esters is 1. The molecule has 1 saturated carbocycles. The fourth-order valence-corrected chi connectivity index (χ4v) is 6.94. The molecule has 1 aliphatic carbocycles. The van der Waals surface area contributed by atoms with Crippen LogP contribution in [0.3, 0.4) is 0 Å². The molecule has 0 aromatic heterocycles. The van der Waals surface area contributed by atoms with Crippen LogP contribution in [0.5, 0.6) is 0 Å². The Kier molecular flexibility index (Phi) is 7.52. The largest absolute Gasteiger partial charge is 0.460 e. The molecule has 0 bridgehead atoms. The van der Waals surface area contributed by atoms with Gasteiger partial charge in [0.2, 0.25) is 7.44 Å². The lowest BCUT2D eigenvalue weighted by atomic mass is 9.91. The van der Waals surface area contributed by atoms with E-state index in [1.54, 1.807) is 0 Å². The van der Waals surface area contributed by atoms with Crippen molar-refractivity contribution in [3.8, 4) is 0 Å². The van der Waals surface area contributed by atoms with E-state index in [1.165, 1.54) is 12.8 Å². The van der Waals surface area contributed by atoms with Crippen LogP contribution in [0.1, 0.15) is 66.2 Å². The lowest BCUT2D eigenvalue weighted by Gasteiger charge is -2.28. The molecule has 154 valence electrons. The van der Waals surface area contributed by atoms with Crippen LogP contribution in [0, 0.1) is 5.92 Å². The van der Waals surface area contributed by atoms with E-state index in [4.69, 9.17) is 4.74 Å². The summed E-state index contributed by atoms with van der Waals surface area (Å²) in [5.41, 5.74) is -0.469. The van der Waals surface area contributed by atoms with Gasteiger partial charge >= 0.3 is 5.97 Å². The summed E-state index contributed by atoms with van der Waals surface area (Å²) in [7, 11) is 1.35. The normalized spacial score (nSPS) is 27.9. The molecule has 0 spiro atoms. The second-order valence-electron chi connectivity index (χ2n) is 8.85. The lowest BCUT2D eigenvalue weighted by molar-refractivity contribution is -0.155. The zero-order valence-corrected chi connectivity index (χ0v) is 18.7. The molecule has 0 amide bonds. The number of hydrogen-bond donors (Lipinski definition) is 0. The molecule has 0 aromatic rings. The standard InChI is InChI=1S/C21H37N2O3P/c1-7-11-17(16-20(24)26-21(2,3)4)12-10-15-27(25)22(5)18-13-8-9-14-19(18)23(27)6/h7,10-11,15,17-19H,8-9,12-14,16H2,1-6H3/b11-7+,15-10+/t17-,18+,19+/m0/s1. The average Bonchev–Trinajstić information content (AvgIpc) is 2.76. The number of rotatable bonds is 6. The quantitative estimate of drug-likeness (QED) is 0.351. The summed E-state index contributed by atoms with van der Waals surface area (Å²) in [6, 6.07) is 0.791. The Balaban J connectivity index is 2.02. The first kappa shape index (κ1) is 22.4. The molecule has 3 atom stereocenters. The van der Waals surface area contributed by atoms with Gasteiger partial charge in [0.25, 0.3) is 0 Å². The second kappa shape index (κ2) is 9.07. The maximum Gasteiger partial charge on any atom is 0.306 e. The van der Waals surface area contributed by atoms with E-state index in [2.05, 4.69) is 9.34 Å². The number of carbonyl (C=O) groups excluding carboxylic acids is 1. The summed E-state index contributed by atoms with van der Waals surface area (Å²) in [5.74, 6) is 1.77. The monoisotopic (exact) mass is 396 g/mol. The summed E-state index contributed by atoms with van der Waals surface area (Å²) in [5, 5.41) is 0. The summed E-state index contributed by atoms with van der Waals surface area (Å²) in [6.45, 7) is 7.60. The number of fused-ring (bicyclic) bond motifs is 1. The molecule has 2 rings (SSSR count). The number of nitrogens with zero attached hydrogens (tertiary/aromatic N) is 2. The van der Waals surface area contributed by atoms with E-state index in [0.29, 0.717) is 24.9 Å². The number of allylic oxidation sites excluding steroid dienone is 3. The van der Waals surface area contributed by atoms with Gasteiger partial charge in [-0.15, -0.1) is 0 Å². The summed E-state index contributed by atoms with van der Waals surface area (Å²) in [6.07, 6.45) is 11.7. The van der Waals surface area contributed by atoms with E-state index < -0.39 is 13.0 Å². The molecule has 0 unspecified atom stereocenters. The van der Waals surface area contributed by atoms with Crippen LogP contribution in [0.15, 0.2) is 24.0 Å². The van der Waals surface area contributed by atoms with E-state index >= 15 is 0 Å². The number of hydrogen-bond acceptors (Lipinski definition) is 3. The molecule has 2 aliphatic rings. The number of carbonyl (C=O) groups is 1.